The van der Waals surface area contributed by atoms with Gasteiger partial charge < -0.3 is 19.9 Å². The summed E-state index contributed by atoms with van der Waals surface area (Å²) in [7, 11) is 1.44. The van der Waals surface area contributed by atoms with Crippen LogP contribution in [0.5, 0.6) is 5.88 Å². The van der Waals surface area contributed by atoms with Gasteiger partial charge in [-0.25, -0.2) is 4.98 Å². The Labute approximate surface area is 146 Å². The molecule has 2 N–H and O–H groups in total. The van der Waals surface area contributed by atoms with Crippen LogP contribution in [0.15, 0.2) is 12.3 Å². The Kier molecular flexibility index (Phi) is 7.44. The van der Waals surface area contributed by atoms with E-state index in [1.165, 1.54) is 19.4 Å². The second-order valence-electron chi connectivity index (χ2n) is 6.23. The number of rotatable bonds is 9. The molecule has 1 aromatic heterocycles. The third-order valence-corrected chi connectivity index (χ3v) is 3.31. The lowest BCUT2D eigenvalue weighted by atomic mass is 9.98. The van der Waals surface area contributed by atoms with Crippen LogP contribution in [-0.4, -0.2) is 47.8 Å². The number of carbonyl (C=O) groups is 2. The molecule has 1 heterocycles. The van der Waals surface area contributed by atoms with Gasteiger partial charge in [-0.2, -0.15) is 0 Å². The van der Waals surface area contributed by atoms with Gasteiger partial charge in [0.15, 0.2) is 0 Å². The molecule has 8 heteroatoms. The summed E-state index contributed by atoms with van der Waals surface area (Å²) in [5.74, 6) is -0.951. The fourth-order valence-corrected chi connectivity index (χ4v) is 2.25. The van der Waals surface area contributed by atoms with Crippen LogP contribution in [0.2, 0.25) is 5.02 Å². The summed E-state index contributed by atoms with van der Waals surface area (Å²) in [6, 6.07) is 1.44. The van der Waals surface area contributed by atoms with Gasteiger partial charge in [-0.1, -0.05) is 25.4 Å². The van der Waals surface area contributed by atoms with Gasteiger partial charge in [-0.3, -0.25) is 9.59 Å². The number of carboxylic acid groups (broad SMARTS) is 1. The molecule has 0 fully saturated rings. The molecule has 0 radical (unpaired) electrons. The highest BCUT2D eigenvalue weighted by Crippen LogP contribution is 2.23. The first-order valence-electron chi connectivity index (χ1n) is 7.48. The Morgan fingerprint density at radius 2 is 2.12 bits per heavy atom. The van der Waals surface area contributed by atoms with Crippen molar-refractivity contribution in [1.29, 1.82) is 0 Å². The third kappa shape index (κ3) is 6.33. The number of hydrogen-bond donors (Lipinski definition) is 2. The van der Waals surface area contributed by atoms with Crippen molar-refractivity contribution in [3.8, 4) is 5.88 Å². The summed E-state index contributed by atoms with van der Waals surface area (Å²) in [5.41, 5.74) is -0.832. The second-order valence-corrected chi connectivity index (χ2v) is 6.64. The highest BCUT2D eigenvalue weighted by atomic mass is 35.5. The maximum Gasteiger partial charge on any atom is 0.305 e. The number of amides is 1. The van der Waals surface area contributed by atoms with Crippen molar-refractivity contribution >= 4 is 23.5 Å². The standard InChI is InChI=1S/C16H23ClN2O5/c1-10(2)8-24-15-12(17)5-11(7-18-15)14(22)19-16(3,9-23-4)6-13(20)21/h5,7,10H,6,8-9H2,1-4H3,(H,19,22)(H,20,21). The highest BCUT2D eigenvalue weighted by Gasteiger charge is 2.30. The van der Waals surface area contributed by atoms with Crippen LogP contribution in [0.25, 0.3) is 0 Å². The molecular weight excluding hydrogens is 336 g/mol. The van der Waals surface area contributed by atoms with Crippen molar-refractivity contribution < 1.29 is 24.2 Å². The number of hydrogen-bond acceptors (Lipinski definition) is 5. The zero-order chi connectivity index (χ0) is 18.3. The monoisotopic (exact) mass is 358 g/mol. The van der Waals surface area contributed by atoms with Crippen LogP contribution in [0.4, 0.5) is 0 Å². The first kappa shape index (κ1) is 20.2. The largest absolute Gasteiger partial charge is 0.481 e. The topological polar surface area (TPSA) is 97.8 Å². The first-order valence-corrected chi connectivity index (χ1v) is 7.86. The number of aromatic nitrogens is 1. The number of carboxylic acids is 1. The maximum atomic E-state index is 12.3. The van der Waals surface area contributed by atoms with E-state index >= 15 is 0 Å². The van der Waals surface area contributed by atoms with E-state index in [4.69, 9.17) is 26.2 Å². The van der Waals surface area contributed by atoms with Crippen LogP contribution in [0.3, 0.4) is 0 Å². The zero-order valence-corrected chi connectivity index (χ0v) is 15.0. The number of methoxy groups -OCH3 is 1. The summed E-state index contributed by atoms with van der Waals surface area (Å²) < 4.78 is 10.5. The minimum atomic E-state index is -1.04. The van der Waals surface area contributed by atoms with E-state index in [0.717, 1.165) is 0 Å². The van der Waals surface area contributed by atoms with Crippen LogP contribution in [0.1, 0.15) is 37.6 Å². The SMILES string of the molecule is COCC(C)(CC(=O)O)NC(=O)c1cnc(OCC(C)C)c(Cl)c1. The minimum Gasteiger partial charge on any atom is -0.481 e. The predicted molar refractivity (Wildman–Crippen MR) is 89.6 cm³/mol. The van der Waals surface area contributed by atoms with E-state index in [1.54, 1.807) is 6.92 Å². The Morgan fingerprint density at radius 1 is 1.46 bits per heavy atom. The van der Waals surface area contributed by atoms with Crippen molar-refractivity contribution in [3.05, 3.63) is 22.8 Å². The lowest BCUT2D eigenvalue weighted by molar-refractivity contribution is -0.139. The molecule has 1 aromatic rings. The summed E-state index contributed by atoms with van der Waals surface area (Å²) in [5, 5.41) is 11.9. The average Bonchev–Trinajstić information content (AvgIpc) is 2.44. The first-order chi connectivity index (χ1) is 11.2. The lowest BCUT2D eigenvalue weighted by Crippen LogP contribution is -2.50. The van der Waals surface area contributed by atoms with Crippen molar-refractivity contribution in [2.45, 2.75) is 32.7 Å². The van der Waals surface area contributed by atoms with E-state index in [0.29, 0.717) is 12.5 Å². The normalized spacial score (nSPS) is 13.4. The fraction of sp³-hybridized carbons (Fsp3) is 0.562. The van der Waals surface area contributed by atoms with E-state index in [1.807, 2.05) is 13.8 Å². The summed E-state index contributed by atoms with van der Waals surface area (Å²) >= 11 is 6.09. The molecule has 0 spiro atoms. The number of nitrogens with zero attached hydrogens (tertiary/aromatic N) is 1. The Balaban J connectivity index is 2.86. The van der Waals surface area contributed by atoms with Gasteiger partial charge in [-0.05, 0) is 18.9 Å². The molecule has 0 aliphatic heterocycles. The number of nitrogens with one attached hydrogen (secondary N) is 1. The minimum absolute atomic E-state index is 0.0573. The van der Waals surface area contributed by atoms with Gasteiger partial charge in [0, 0.05) is 13.3 Å². The molecule has 0 bridgehead atoms. The third-order valence-electron chi connectivity index (χ3n) is 3.04. The Hall–Kier alpha value is -1.86. The molecular formula is C16H23ClN2O5. The van der Waals surface area contributed by atoms with Crippen LogP contribution in [0, 0.1) is 5.92 Å². The number of halogens is 1. The van der Waals surface area contributed by atoms with Crippen LogP contribution >= 0.6 is 11.6 Å². The van der Waals surface area contributed by atoms with Crippen LogP contribution < -0.4 is 10.1 Å². The number of carbonyl (C=O) groups excluding carboxylic acids is 1. The molecule has 0 aliphatic carbocycles. The fourth-order valence-electron chi connectivity index (χ4n) is 2.03. The average molecular weight is 359 g/mol. The molecule has 24 heavy (non-hydrogen) atoms. The van der Waals surface area contributed by atoms with Gasteiger partial charge in [-0.15, -0.1) is 0 Å². The van der Waals surface area contributed by atoms with E-state index < -0.39 is 17.4 Å². The molecule has 7 nitrogen and oxygen atoms in total. The summed E-state index contributed by atoms with van der Waals surface area (Å²) in [6.45, 7) is 6.10. The quantitative estimate of drug-likeness (QED) is 0.703. The van der Waals surface area contributed by atoms with Gasteiger partial charge in [0.1, 0.15) is 5.02 Å². The lowest BCUT2D eigenvalue weighted by Gasteiger charge is -2.28. The van der Waals surface area contributed by atoms with Crippen molar-refractivity contribution in [2.24, 2.45) is 5.92 Å². The van der Waals surface area contributed by atoms with Gasteiger partial charge >= 0.3 is 5.97 Å². The van der Waals surface area contributed by atoms with Gasteiger partial charge in [0.05, 0.1) is 30.7 Å². The molecule has 1 atom stereocenters. The number of ether oxygens (including phenoxy) is 2. The Morgan fingerprint density at radius 3 is 2.62 bits per heavy atom. The van der Waals surface area contributed by atoms with E-state index in [9.17, 15) is 9.59 Å². The smallest absolute Gasteiger partial charge is 0.305 e. The molecule has 0 saturated carbocycles. The molecule has 134 valence electrons. The van der Waals surface area contributed by atoms with Crippen molar-refractivity contribution in [3.63, 3.8) is 0 Å². The molecule has 1 rings (SSSR count). The number of aliphatic carboxylic acids is 1. The van der Waals surface area contributed by atoms with Crippen molar-refractivity contribution in [2.75, 3.05) is 20.3 Å². The molecule has 1 amide bonds. The highest BCUT2D eigenvalue weighted by molar-refractivity contribution is 6.32. The molecule has 0 aliphatic rings. The molecule has 1 unspecified atom stereocenters. The van der Waals surface area contributed by atoms with E-state index in [2.05, 4.69) is 10.3 Å². The van der Waals surface area contributed by atoms with Gasteiger partial charge in [0.25, 0.3) is 5.91 Å². The summed E-state index contributed by atoms with van der Waals surface area (Å²) in [6.07, 6.45) is 1.06. The van der Waals surface area contributed by atoms with E-state index in [-0.39, 0.29) is 29.5 Å². The predicted octanol–water partition coefficient (Wildman–Crippen LogP) is 2.38. The summed E-state index contributed by atoms with van der Waals surface area (Å²) in [4.78, 5) is 27.4. The van der Waals surface area contributed by atoms with Crippen LogP contribution in [-0.2, 0) is 9.53 Å². The van der Waals surface area contributed by atoms with Crippen molar-refractivity contribution in [1.82, 2.24) is 10.3 Å². The second kappa shape index (κ2) is 8.84. The maximum absolute atomic E-state index is 12.3. The molecule has 0 aromatic carbocycles. The molecule has 0 saturated heterocycles. The Bertz CT molecular complexity index is 594. The van der Waals surface area contributed by atoms with Gasteiger partial charge in [0.2, 0.25) is 5.88 Å². The zero-order valence-electron chi connectivity index (χ0n) is 14.3. The number of pyridine rings is 1.